The third kappa shape index (κ3) is 2.47. The zero-order valence-electron chi connectivity index (χ0n) is 10.4. The number of carbonyl (C=O) groups is 1. The minimum absolute atomic E-state index is 0.432. The number of halogens is 1. The third-order valence-corrected chi connectivity index (χ3v) is 4.30. The van der Waals surface area contributed by atoms with Gasteiger partial charge in [-0.25, -0.2) is 4.79 Å². The minimum Gasteiger partial charge on any atom is -0.465 e. The number of nitrogens with zero attached hydrogens (tertiary/aromatic N) is 1. The largest absolute Gasteiger partial charge is 0.465 e. The van der Waals surface area contributed by atoms with Crippen LogP contribution in [0, 0.1) is 0 Å². The van der Waals surface area contributed by atoms with Gasteiger partial charge < -0.3 is 15.0 Å². The summed E-state index contributed by atoms with van der Waals surface area (Å²) in [5, 5.41) is 10.2. The summed E-state index contributed by atoms with van der Waals surface area (Å²) >= 11 is 3.48. The van der Waals surface area contributed by atoms with Crippen molar-refractivity contribution in [2.45, 2.75) is 18.8 Å². The normalized spacial score (nSPS) is 17.0. The van der Waals surface area contributed by atoms with Gasteiger partial charge in [0.25, 0.3) is 0 Å². The molecule has 5 heteroatoms. The number of aromatic nitrogens is 1. The van der Waals surface area contributed by atoms with Crippen molar-refractivity contribution >= 4 is 32.9 Å². The summed E-state index contributed by atoms with van der Waals surface area (Å²) in [5.41, 5.74) is 2.36. The first-order valence-electron chi connectivity index (χ1n) is 6.39. The van der Waals surface area contributed by atoms with Crippen molar-refractivity contribution in [1.29, 1.82) is 0 Å². The molecule has 0 bridgehead atoms. The lowest BCUT2D eigenvalue weighted by Crippen LogP contribution is -2.36. The van der Waals surface area contributed by atoms with Crippen LogP contribution in [0.3, 0.4) is 0 Å². The second-order valence-electron chi connectivity index (χ2n) is 5.00. The van der Waals surface area contributed by atoms with Gasteiger partial charge in [0.2, 0.25) is 0 Å². The van der Waals surface area contributed by atoms with E-state index < -0.39 is 6.09 Å². The zero-order valence-corrected chi connectivity index (χ0v) is 12.0. The predicted octanol–water partition coefficient (Wildman–Crippen LogP) is 3.79. The summed E-state index contributed by atoms with van der Waals surface area (Å²) in [6, 6.07) is 8.37. The number of hydrogen-bond acceptors (Lipinski definition) is 1. The van der Waals surface area contributed by atoms with E-state index in [0.717, 1.165) is 22.8 Å². The van der Waals surface area contributed by atoms with Crippen LogP contribution in [0.4, 0.5) is 4.79 Å². The highest BCUT2D eigenvalue weighted by Gasteiger charge is 2.24. The Hall–Kier alpha value is -1.49. The van der Waals surface area contributed by atoms with E-state index in [0.29, 0.717) is 19.0 Å². The van der Waals surface area contributed by atoms with Crippen LogP contribution in [0.15, 0.2) is 28.7 Å². The first-order chi connectivity index (χ1) is 9.13. The monoisotopic (exact) mass is 322 g/mol. The molecule has 1 aromatic heterocycles. The van der Waals surface area contributed by atoms with Crippen molar-refractivity contribution in [1.82, 2.24) is 9.88 Å². The predicted molar refractivity (Wildman–Crippen MR) is 77.6 cm³/mol. The lowest BCUT2D eigenvalue weighted by Gasteiger charge is -2.29. The highest BCUT2D eigenvalue weighted by atomic mass is 79.9. The fourth-order valence-corrected chi connectivity index (χ4v) is 3.11. The number of aromatic amines is 1. The van der Waals surface area contributed by atoms with Crippen LogP contribution >= 0.6 is 15.9 Å². The van der Waals surface area contributed by atoms with Gasteiger partial charge in [0.15, 0.2) is 0 Å². The summed E-state index contributed by atoms with van der Waals surface area (Å²) in [4.78, 5) is 15.8. The second-order valence-corrected chi connectivity index (χ2v) is 5.92. The van der Waals surface area contributed by atoms with Crippen LogP contribution in [0.25, 0.3) is 10.9 Å². The maximum Gasteiger partial charge on any atom is 0.407 e. The number of hydrogen-bond donors (Lipinski definition) is 2. The maximum absolute atomic E-state index is 10.9. The Bertz CT molecular complexity index is 615. The van der Waals surface area contributed by atoms with Gasteiger partial charge >= 0.3 is 6.09 Å². The van der Waals surface area contributed by atoms with Crippen molar-refractivity contribution in [3.05, 3.63) is 34.4 Å². The van der Waals surface area contributed by atoms with E-state index in [1.807, 2.05) is 6.07 Å². The van der Waals surface area contributed by atoms with Crippen LogP contribution in [0.5, 0.6) is 0 Å². The van der Waals surface area contributed by atoms with Gasteiger partial charge in [-0.15, -0.1) is 0 Å². The average molecular weight is 323 g/mol. The molecule has 1 aromatic carbocycles. The van der Waals surface area contributed by atoms with Gasteiger partial charge in [-0.1, -0.05) is 15.9 Å². The number of piperidine rings is 1. The van der Waals surface area contributed by atoms with Crippen molar-refractivity contribution in [2.24, 2.45) is 0 Å². The van der Waals surface area contributed by atoms with Crippen molar-refractivity contribution < 1.29 is 9.90 Å². The summed E-state index contributed by atoms with van der Waals surface area (Å²) in [6.45, 7) is 1.25. The Labute approximate surface area is 119 Å². The molecule has 4 nitrogen and oxygen atoms in total. The van der Waals surface area contributed by atoms with Crippen LogP contribution in [-0.4, -0.2) is 34.2 Å². The summed E-state index contributed by atoms with van der Waals surface area (Å²) in [5.74, 6) is 0.432. The highest BCUT2D eigenvalue weighted by Crippen LogP contribution is 2.30. The molecule has 2 N–H and O–H groups in total. The molecule has 0 unspecified atom stereocenters. The molecule has 3 rings (SSSR count). The van der Waals surface area contributed by atoms with Gasteiger partial charge in [0.05, 0.1) is 0 Å². The molecular formula is C14H15BrN2O2. The van der Waals surface area contributed by atoms with Crippen LogP contribution in [-0.2, 0) is 0 Å². The number of likely N-dealkylation sites (tertiary alicyclic amines) is 1. The van der Waals surface area contributed by atoms with Crippen LogP contribution < -0.4 is 0 Å². The quantitative estimate of drug-likeness (QED) is 0.839. The molecule has 1 saturated heterocycles. The lowest BCUT2D eigenvalue weighted by molar-refractivity contribution is 0.132. The van der Waals surface area contributed by atoms with E-state index in [2.05, 4.69) is 39.1 Å². The molecular weight excluding hydrogens is 308 g/mol. The Morgan fingerprint density at radius 2 is 2.05 bits per heavy atom. The molecule has 100 valence electrons. The van der Waals surface area contributed by atoms with Crippen LogP contribution in [0.1, 0.15) is 24.5 Å². The number of carboxylic acid groups (broad SMARTS) is 1. The molecule has 2 aromatic rings. The fourth-order valence-electron chi connectivity index (χ4n) is 2.73. The number of H-pyrrole nitrogens is 1. The van der Waals surface area contributed by atoms with Crippen LogP contribution in [0.2, 0.25) is 0 Å². The molecule has 0 saturated carbocycles. The molecule has 0 atom stereocenters. The SMILES string of the molecule is O=C(O)N1CCC(c2cc3cc(Br)ccc3[nH]2)CC1. The van der Waals surface area contributed by atoms with Gasteiger partial charge in [0, 0.05) is 40.1 Å². The van der Waals surface area contributed by atoms with Gasteiger partial charge in [-0.05, 0) is 37.1 Å². The van der Waals surface area contributed by atoms with E-state index in [4.69, 9.17) is 5.11 Å². The van der Waals surface area contributed by atoms with Crippen molar-refractivity contribution in [3.8, 4) is 0 Å². The lowest BCUT2D eigenvalue weighted by atomic mass is 9.94. The molecule has 1 aliphatic rings. The molecule has 1 amide bonds. The summed E-state index contributed by atoms with van der Waals surface area (Å²) < 4.78 is 1.08. The second kappa shape index (κ2) is 4.89. The molecule has 1 aliphatic heterocycles. The zero-order chi connectivity index (χ0) is 13.4. The smallest absolute Gasteiger partial charge is 0.407 e. The Balaban J connectivity index is 1.80. The number of fused-ring (bicyclic) bond motifs is 1. The molecule has 0 aliphatic carbocycles. The maximum atomic E-state index is 10.9. The molecule has 0 radical (unpaired) electrons. The van der Waals surface area contributed by atoms with E-state index >= 15 is 0 Å². The molecule has 19 heavy (non-hydrogen) atoms. The Kier molecular flexibility index (Phi) is 3.22. The topological polar surface area (TPSA) is 56.3 Å². The van der Waals surface area contributed by atoms with Gasteiger partial charge in [0.1, 0.15) is 0 Å². The third-order valence-electron chi connectivity index (χ3n) is 3.81. The molecule has 0 spiro atoms. The van der Waals surface area contributed by atoms with Crippen molar-refractivity contribution in [2.75, 3.05) is 13.1 Å². The number of benzene rings is 1. The summed E-state index contributed by atoms with van der Waals surface area (Å²) in [7, 11) is 0. The van der Waals surface area contributed by atoms with E-state index in [1.54, 1.807) is 0 Å². The van der Waals surface area contributed by atoms with Gasteiger partial charge in [-0.3, -0.25) is 0 Å². The van der Waals surface area contributed by atoms with E-state index in [-0.39, 0.29) is 0 Å². The highest BCUT2D eigenvalue weighted by molar-refractivity contribution is 9.10. The van der Waals surface area contributed by atoms with E-state index in [9.17, 15) is 4.79 Å². The Morgan fingerprint density at radius 1 is 1.32 bits per heavy atom. The molecule has 2 heterocycles. The fraction of sp³-hybridized carbons (Fsp3) is 0.357. The summed E-state index contributed by atoms with van der Waals surface area (Å²) in [6.07, 6.45) is 0.972. The average Bonchev–Trinajstić information content (AvgIpc) is 2.81. The standard InChI is InChI=1S/C14H15BrN2O2/c15-11-1-2-12-10(7-11)8-13(16-12)9-3-5-17(6-4-9)14(18)19/h1-2,7-9,16H,3-6H2,(H,18,19). The number of rotatable bonds is 1. The van der Waals surface area contributed by atoms with Gasteiger partial charge in [-0.2, -0.15) is 0 Å². The first-order valence-corrected chi connectivity index (χ1v) is 7.19. The number of nitrogens with one attached hydrogen (secondary N) is 1. The van der Waals surface area contributed by atoms with E-state index in [1.165, 1.54) is 16.0 Å². The van der Waals surface area contributed by atoms with Crippen molar-refractivity contribution in [3.63, 3.8) is 0 Å². The first kappa shape index (κ1) is 12.5. The Morgan fingerprint density at radius 3 is 2.74 bits per heavy atom. The molecule has 1 fully saturated rings. The minimum atomic E-state index is -0.806. The number of amides is 1.